The lowest BCUT2D eigenvalue weighted by atomic mass is 9.94. The van der Waals surface area contributed by atoms with Crippen molar-refractivity contribution in [1.82, 2.24) is 0 Å². The van der Waals surface area contributed by atoms with Gasteiger partial charge in [0.2, 0.25) is 0 Å². The predicted molar refractivity (Wildman–Crippen MR) is 123 cm³/mol. The third-order valence-electron chi connectivity index (χ3n) is 5.72. The second-order valence-electron chi connectivity index (χ2n) is 7.63. The van der Waals surface area contributed by atoms with Crippen molar-refractivity contribution in [3.05, 3.63) is 114 Å². The molecule has 0 radical (unpaired) electrons. The highest BCUT2D eigenvalue weighted by Crippen LogP contribution is 2.44. The number of Topliss-reactive ketones (excluding diaryl/α,β-unsaturated/α-hetero) is 1. The average Bonchev–Trinajstić information content (AvgIpc) is 3.09. The number of aromatic hydroxyl groups is 1. The standard InChI is InChI=1S/C27H19NO4/c29-22-13-7-6-12-21(22)28-24(18-9-2-1-3-10-18)23(26(31)27(28)32)25(30)20-15-14-17-8-4-5-11-19(17)16-20/h1-16,24,29-30H/b25-23-. The number of benzene rings is 4. The number of ketones is 1. The number of carbonyl (C=O) groups is 2. The Morgan fingerprint density at radius 1 is 0.750 bits per heavy atom. The van der Waals surface area contributed by atoms with E-state index in [-0.39, 0.29) is 22.8 Å². The molecule has 1 saturated heterocycles. The van der Waals surface area contributed by atoms with Crippen LogP contribution < -0.4 is 4.90 Å². The summed E-state index contributed by atoms with van der Waals surface area (Å²) in [7, 11) is 0. The highest BCUT2D eigenvalue weighted by molar-refractivity contribution is 6.52. The largest absolute Gasteiger partial charge is 0.507 e. The van der Waals surface area contributed by atoms with E-state index in [1.165, 1.54) is 11.0 Å². The van der Waals surface area contributed by atoms with Gasteiger partial charge < -0.3 is 10.2 Å². The summed E-state index contributed by atoms with van der Waals surface area (Å²) in [4.78, 5) is 27.5. The topological polar surface area (TPSA) is 77.8 Å². The van der Waals surface area contributed by atoms with Crippen LogP contribution in [0.5, 0.6) is 5.75 Å². The van der Waals surface area contributed by atoms with Gasteiger partial charge in [-0.2, -0.15) is 0 Å². The van der Waals surface area contributed by atoms with E-state index in [0.29, 0.717) is 11.1 Å². The first kappa shape index (κ1) is 19.6. The molecule has 1 amide bonds. The molecule has 0 aliphatic carbocycles. The zero-order valence-corrected chi connectivity index (χ0v) is 17.0. The molecule has 156 valence electrons. The molecule has 5 rings (SSSR count). The number of phenols is 1. The van der Waals surface area contributed by atoms with Gasteiger partial charge in [-0.1, -0.05) is 78.9 Å². The van der Waals surface area contributed by atoms with Gasteiger partial charge in [0.05, 0.1) is 17.3 Å². The molecule has 32 heavy (non-hydrogen) atoms. The highest BCUT2D eigenvalue weighted by atomic mass is 16.3. The molecular formula is C27H19NO4. The van der Waals surface area contributed by atoms with E-state index in [2.05, 4.69) is 0 Å². The van der Waals surface area contributed by atoms with Crippen LogP contribution in [0.15, 0.2) is 103 Å². The molecule has 5 nitrogen and oxygen atoms in total. The number of aliphatic hydroxyl groups is 1. The molecule has 1 unspecified atom stereocenters. The summed E-state index contributed by atoms with van der Waals surface area (Å²) in [5.74, 6) is -1.97. The molecule has 1 aliphatic rings. The Morgan fingerprint density at radius 3 is 2.16 bits per heavy atom. The zero-order chi connectivity index (χ0) is 22.2. The van der Waals surface area contributed by atoms with Gasteiger partial charge in [-0.15, -0.1) is 0 Å². The fourth-order valence-corrected chi connectivity index (χ4v) is 4.19. The lowest BCUT2D eigenvalue weighted by molar-refractivity contribution is -0.132. The van der Waals surface area contributed by atoms with Crippen LogP contribution in [-0.2, 0) is 9.59 Å². The van der Waals surface area contributed by atoms with Crippen molar-refractivity contribution < 1.29 is 19.8 Å². The van der Waals surface area contributed by atoms with E-state index in [1.54, 1.807) is 54.6 Å². The fourth-order valence-electron chi connectivity index (χ4n) is 4.19. The second-order valence-corrected chi connectivity index (χ2v) is 7.63. The summed E-state index contributed by atoms with van der Waals surface area (Å²) >= 11 is 0. The van der Waals surface area contributed by atoms with Crippen LogP contribution in [0, 0.1) is 0 Å². The van der Waals surface area contributed by atoms with Crippen LogP contribution in [-0.4, -0.2) is 21.9 Å². The summed E-state index contributed by atoms with van der Waals surface area (Å²) in [6.07, 6.45) is 0. The monoisotopic (exact) mass is 421 g/mol. The van der Waals surface area contributed by atoms with Crippen LogP contribution in [0.4, 0.5) is 5.69 Å². The van der Waals surface area contributed by atoms with E-state index in [1.807, 2.05) is 36.4 Å². The number of anilines is 1. The van der Waals surface area contributed by atoms with Gasteiger partial charge in [0.25, 0.3) is 11.7 Å². The molecule has 0 aromatic heterocycles. The lowest BCUT2D eigenvalue weighted by Crippen LogP contribution is -2.29. The molecule has 1 fully saturated rings. The highest BCUT2D eigenvalue weighted by Gasteiger charge is 2.47. The molecule has 4 aromatic carbocycles. The molecular weight excluding hydrogens is 402 g/mol. The Labute approximate surface area is 184 Å². The van der Waals surface area contributed by atoms with E-state index in [0.717, 1.165) is 10.8 Å². The number of fused-ring (bicyclic) bond motifs is 1. The first-order valence-electron chi connectivity index (χ1n) is 10.2. The third-order valence-corrected chi connectivity index (χ3v) is 5.72. The first-order chi connectivity index (χ1) is 15.6. The first-order valence-corrected chi connectivity index (χ1v) is 10.2. The van der Waals surface area contributed by atoms with E-state index in [4.69, 9.17) is 0 Å². The summed E-state index contributed by atoms with van der Waals surface area (Å²) in [6.45, 7) is 0. The summed E-state index contributed by atoms with van der Waals surface area (Å²) in [5, 5.41) is 23.6. The van der Waals surface area contributed by atoms with Crippen molar-refractivity contribution in [2.24, 2.45) is 0 Å². The number of para-hydroxylation sites is 2. The maximum absolute atomic E-state index is 13.2. The lowest BCUT2D eigenvalue weighted by Gasteiger charge is -2.26. The SMILES string of the molecule is O=C1C(=O)N(c2ccccc2O)C(c2ccccc2)/C1=C(/O)c1ccc2ccccc2c1. The van der Waals surface area contributed by atoms with Gasteiger partial charge in [-0.3, -0.25) is 14.5 Å². The van der Waals surface area contributed by atoms with Crippen LogP contribution in [0.3, 0.4) is 0 Å². The van der Waals surface area contributed by atoms with Crippen molar-refractivity contribution in [2.45, 2.75) is 6.04 Å². The molecule has 0 saturated carbocycles. The van der Waals surface area contributed by atoms with Crippen molar-refractivity contribution in [2.75, 3.05) is 4.90 Å². The molecule has 2 N–H and O–H groups in total. The third kappa shape index (κ3) is 3.11. The number of phenolic OH excluding ortho intramolecular Hbond substituents is 1. The Hall–Kier alpha value is -4.38. The molecule has 1 heterocycles. The molecule has 1 atom stereocenters. The second kappa shape index (κ2) is 7.71. The predicted octanol–water partition coefficient (Wildman–Crippen LogP) is 5.17. The van der Waals surface area contributed by atoms with Gasteiger partial charge in [0, 0.05) is 5.56 Å². The number of aliphatic hydroxyl groups excluding tert-OH is 1. The van der Waals surface area contributed by atoms with Crippen LogP contribution in [0.25, 0.3) is 16.5 Å². The molecule has 4 aromatic rings. The average molecular weight is 421 g/mol. The normalized spacial score (nSPS) is 17.8. The smallest absolute Gasteiger partial charge is 0.300 e. The Morgan fingerprint density at radius 2 is 1.41 bits per heavy atom. The maximum atomic E-state index is 13.2. The van der Waals surface area contributed by atoms with E-state index < -0.39 is 17.7 Å². The van der Waals surface area contributed by atoms with Gasteiger partial charge in [0.15, 0.2) is 0 Å². The van der Waals surface area contributed by atoms with Gasteiger partial charge in [-0.25, -0.2) is 0 Å². The summed E-state index contributed by atoms with van der Waals surface area (Å²) < 4.78 is 0. The van der Waals surface area contributed by atoms with Gasteiger partial charge >= 0.3 is 0 Å². The number of hydrogen-bond donors (Lipinski definition) is 2. The number of carbonyl (C=O) groups excluding carboxylic acids is 2. The van der Waals surface area contributed by atoms with E-state index >= 15 is 0 Å². The minimum absolute atomic E-state index is 0.0141. The van der Waals surface area contributed by atoms with Crippen molar-refractivity contribution >= 4 is 33.9 Å². The number of amides is 1. The number of nitrogens with zero attached hydrogens (tertiary/aromatic N) is 1. The molecule has 1 aliphatic heterocycles. The number of rotatable bonds is 3. The Kier molecular flexibility index (Phi) is 4.71. The van der Waals surface area contributed by atoms with Crippen molar-refractivity contribution in [3.8, 4) is 5.75 Å². The minimum Gasteiger partial charge on any atom is -0.507 e. The maximum Gasteiger partial charge on any atom is 0.300 e. The van der Waals surface area contributed by atoms with Crippen LogP contribution in [0.1, 0.15) is 17.2 Å². The number of hydrogen-bond acceptors (Lipinski definition) is 4. The summed E-state index contributed by atoms with van der Waals surface area (Å²) in [6, 6.07) is 27.6. The van der Waals surface area contributed by atoms with E-state index in [9.17, 15) is 19.8 Å². The minimum atomic E-state index is -0.879. The van der Waals surface area contributed by atoms with Crippen molar-refractivity contribution in [1.29, 1.82) is 0 Å². The van der Waals surface area contributed by atoms with Gasteiger partial charge in [-0.05, 0) is 34.5 Å². The van der Waals surface area contributed by atoms with Crippen molar-refractivity contribution in [3.63, 3.8) is 0 Å². The molecule has 5 heteroatoms. The molecule has 0 bridgehead atoms. The van der Waals surface area contributed by atoms with Crippen LogP contribution >= 0.6 is 0 Å². The van der Waals surface area contributed by atoms with Gasteiger partial charge in [0.1, 0.15) is 11.5 Å². The zero-order valence-electron chi connectivity index (χ0n) is 17.0. The summed E-state index contributed by atoms with van der Waals surface area (Å²) in [5.41, 5.74) is 1.29. The molecule has 0 spiro atoms. The fraction of sp³-hybridized carbons (Fsp3) is 0.0370. The Balaban J connectivity index is 1.74. The quantitative estimate of drug-likeness (QED) is 0.272. The Bertz CT molecular complexity index is 1390. The van der Waals surface area contributed by atoms with Crippen LogP contribution in [0.2, 0.25) is 0 Å².